The van der Waals surface area contributed by atoms with E-state index in [1.165, 1.54) is 12.0 Å². The van der Waals surface area contributed by atoms with Crippen LogP contribution in [0.5, 0.6) is 5.75 Å². The summed E-state index contributed by atoms with van der Waals surface area (Å²) in [6.07, 6.45) is 0.167. The first-order valence-corrected chi connectivity index (χ1v) is 10.5. The molecule has 2 atom stereocenters. The zero-order chi connectivity index (χ0) is 22.4. The minimum atomic E-state index is -0.447. The SMILES string of the molecule is CCN(CC(=O)Nc1ccccc1OC)C(=O)[C@H]1CC(=O)N([C@@H](C)c2ccccc2)C1. The normalized spacial score (nSPS) is 16.7. The van der Waals surface area contributed by atoms with Crippen molar-refractivity contribution in [1.29, 1.82) is 0 Å². The van der Waals surface area contributed by atoms with E-state index in [4.69, 9.17) is 4.74 Å². The molecule has 1 heterocycles. The van der Waals surface area contributed by atoms with Crippen LogP contribution in [0.1, 0.15) is 31.9 Å². The molecule has 3 rings (SSSR count). The fourth-order valence-corrected chi connectivity index (χ4v) is 3.90. The molecule has 3 amide bonds. The van der Waals surface area contributed by atoms with E-state index < -0.39 is 5.92 Å². The molecule has 1 saturated heterocycles. The highest BCUT2D eigenvalue weighted by atomic mass is 16.5. The van der Waals surface area contributed by atoms with Gasteiger partial charge in [-0.15, -0.1) is 0 Å². The number of nitrogens with zero attached hydrogens (tertiary/aromatic N) is 2. The molecule has 164 valence electrons. The van der Waals surface area contributed by atoms with Crippen molar-refractivity contribution in [2.75, 3.05) is 32.1 Å². The van der Waals surface area contributed by atoms with E-state index in [2.05, 4.69) is 5.32 Å². The number of benzene rings is 2. The lowest BCUT2D eigenvalue weighted by molar-refractivity contribution is -0.138. The number of hydrogen-bond donors (Lipinski definition) is 1. The second kappa shape index (κ2) is 10.1. The molecule has 0 radical (unpaired) electrons. The Hall–Kier alpha value is -3.35. The lowest BCUT2D eigenvalue weighted by Crippen LogP contribution is -2.42. The average molecular weight is 424 g/mol. The number of likely N-dealkylation sites (tertiary alicyclic amines) is 1. The van der Waals surface area contributed by atoms with Crippen molar-refractivity contribution in [2.24, 2.45) is 5.92 Å². The quantitative estimate of drug-likeness (QED) is 0.708. The van der Waals surface area contributed by atoms with Gasteiger partial charge in [0.1, 0.15) is 5.75 Å². The summed E-state index contributed by atoms with van der Waals surface area (Å²) < 4.78 is 5.25. The fraction of sp³-hybridized carbons (Fsp3) is 0.375. The van der Waals surface area contributed by atoms with Gasteiger partial charge in [-0.2, -0.15) is 0 Å². The monoisotopic (exact) mass is 423 g/mol. The van der Waals surface area contributed by atoms with Gasteiger partial charge in [0.05, 0.1) is 31.3 Å². The fourth-order valence-electron chi connectivity index (χ4n) is 3.90. The summed E-state index contributed by atoms with van der Waals surface area (Å²) in [5, 5.41) is 2.79. The lowest BCUT2D eigenvalue weighted by atomic mass is 10.1. The third kappa shape index (κ3) is 5.23. The van der Waals surface area contributed by atoms with Crippen molar-refractivity contribution in [3.8, 4) is 5.75 Å². The maximum Gasteiger partial charge on any atom is 0.244 e. The highest BCUT2D eigenvalue weighted by molar-refractivity contribution is 5.97. The molecule has 0 aliphatic carbocycles. The number of likely N-dealkylation sites (N-methyl/N-ethyl adjacent to an activating group) is 1. The molecule has 7 nitrogen and oxygen atoms in total. The van der Waals surface area contributed by atoms with E-state index in [0.29, 0.717) is 24.5 Å². The van der Waals surface area contributed by atoms with Crippen LogP contribution in [0.15, 0.2) is 54.6 Å². The van der Waals surface area contributed by atoms with Crippen molar-refractivity contribution < 1.29 is 19.1 Å². The molecular formula is C24H29N3O4. The Balaban J connectivity index is 1.62. The van der Waals surface area contributed by atoms with Gasteiger partial charge in [0.25, 0.3) is 0 Å². The van der Waals surface area contributed by atoms with Crippen molar-refractivity contribution in [2.45, 2.75) is 26.3 Å². The molecule has 1 fully saturated rings. The number of amides is 3. The summed E-state index contributed by atoms with van der Waals surface area (Å²) in [6, 6.07) is 16.8. The number of anilines is 1. The summed E-state index contributed by atoms with van der Waals surface area (Å²) in [5.74, 6) is -0.411. The predicted octanol–water partition coefficient (Wildman–Crippen LogP) is 3.09. The number of rotatable bonds is 8. The van der Waals surface area contributed by atoms with Crippen molar-refractivity contribution >= 4 is 23.4 Å². The van der Waals surface area contributed by atoms with Gasteiger partial charge in [0.2, 0.25) is 17.7 Å². The van der Waals surface area contributed by atoms with E-state index in [-0.39, 0.29) is 36.7 Å². The average Bonchev–Trinajstić information content (AvgIpc) is 3.19. The molecular weight excluding hydrogens is 394 g/mol. The van der Waals surface area contributed by atoms with Gasteiger partial charge in [-0.05, 0) is 31.5 Å². The van der Waals surface area contributed by atoms with Crippen LogP contribution in [0.25, 0.3) is 0 Å². The number of ether oxygens (including phenoxy) is 1. The molecule has 1 N–H and O–H groups in total. The molecule has 1 aliphatic heterocycles. The first-order chi connectivity index (χ1) is 14.9. The number of carbonyl (C=O) groups excluding carboxylic acids is 3. The maximum atomic E-state index is 13.1. The summed E-state index contributed by atoms with van der Waals surface area (Å²) >= 11 is 0. The molecule has 0 aromatic heterocycles. The van der Waals surface area contributed by atoms with Crippen LogP contribution in [0.3, 0.4) is 0 Å². The van der Waals surface area contributed by atoms with E-state index in [1.807, 2.05) is 50.2 Å². The number of hydrogen-bond acceptors (Lipinski definition) is 4. The third-order valence-corrected chi connectivity index (χ3v) is 5.67. The number of carbonyl (C=O) groups is 3. The zero-order valence-electron chi connectivity index (χ0n) is 18.2. The van der Waals surface area contributed by atoms with Crippen LogP contribution < -0.4 is 10.1 Å². The second-order valence-corrected chi connectivity index (χ2v) is 7.63. The van der Waals surface area contributed by atoms with Crippen molar-refractivity contribution in [1.82, 2.24) is 9.80 Å². The van der Waals surface area contributed by atoms with E-state index in [1.54, 1.807) is 23.1 Å². The van der Waals surface area contributed by atoms with Gasteiger partial charge in [-0.1, -0.05) is 42.5 Å². The Kier molecular flexibility index (Phi) is 7.28. The standard InChI is InChI=1S/C24H29N3O4/c1-4-26(16-22(28)25-20-12-8-9-13-21(20)31-3)24(30)19-14-23(29)27(15-19)17(2)18-10-6-5-7-11-18/h5-13,17,19H,4,14-16H2,1-3H3,(H,25,28)/t17-,19-/m0/s1. The second-order valence-electron chi connectivity index (χ2n) is 7.63. The highest BCUT2D eigenvalue weighted by Crippen LogP contribution is 2.29. The highest BCUT2D eigenvalue weighted by Gasteiger charge is 2.38. The molecule has 0 spiro atoms. The Morgan fingerprint density at radius 3 is 2.52 bits per heavy atom. The van der Waals surface area contributed by atoms with Gasteiger partial charge in [0.15, 0.2) is 0 Å². The zero-order valence-corrected chi connectivity index (χ0v) is 18.2. The number of para-hydroxylation sites is 2. The molecule has 0 saturated carbocycles. The summed E-state index contributed by atoms with van der Waals surface area (Å²) in [7, 11) is 1.53. The molecule has 0 unspecified atom stereocenters. The molecule has 7 heteroatoms. The van der Waals surface area contributed by atoms with Crippen LogP contribution in [0, 0.1) is 5.92 Å². The van der Waals surface area contributed by atoms with Gasteiger partial charge in [-0.25, -0.2) is 0 Å². The van der Waals surface area contributed by atoms with Crippen LogP contribution in [0.4, 0.5) is 5.69 Å². The van der Waals surface area contributed by atoms with E-state index in [9.17, 15) is 14.4 Å². The van der Waals surface area contributed by atoms with Crippen LogP contribution in [-0.4, -0.2) is 54.3 Å². The van der Waals surface area contributed by atoms with E-state index >= 15 is 0 Å². The minimum Gasteiger partial charge on any atom is -0.495 e. The van der Waals surface area contributed by atoms with Gasteiger partial charge in [0, 0.05) is 19.5 Å². The van der Waals surface area contributed by atoms with Crippen LogP contribution >= 0.6 is 0 Å². The van der Waals surface area contributed by atoms with Crippen molar-refractivity contribution in [3.63, 3.8) is 0 Å². The maximum absolute atomic E-state index is 13.1. The van der Waals surface area contributed by atoms with Gasteiger partial charge in [-0.3, -0.25) is 14.4 Å². The first kappa shape index (κ1) is 22.3. The number of nitrogens with one attached hydrogen (secondary N) is 1. The molecule has 0 bridgehead atoms. The molecule has 31 heavy (non-hydrogen) atoms. The summed E-state index contributed by atoms with van der Waals surface area (Å²) in [5.41, 5.74) is 1.59. The summed E-state index contributed by atoms with van der Waals surface area (Å²) in [4.78, 5) is 41.5. The third-order valence-electron chi connectivity index (χ3n) is 5.67. The minimum absolute atomic E-state index is 0.0378. The molecule has 2 aromatic rings. The van der Waals surface area contributed by atoms with Crippen molar-refractivity contribution in [3.05, 3.63) is 60.2 Å². The first-order valence-electron chi connectivity index (χ1n) is 10.5. The number of methoxy groups -OCH3 is 1. The smallest absolute Gasteiger partial charge is 0.244 e. The predicted molar refractivity (Wildman–Crippen MR) is 119 cm³/mol. The van der Waals surface area contributed by atoms with Gasteiger partial charge < -0.3 is 19.9 Å². The Morgan fingerprint density at radius 2 is 1.84 bits per heavy atom. The Bertz CT molecular complexity index is 931. The largest absolute Gasteiger partial charge is 0.495 e. The molecule has 1 aliphatic rings. The van der Waals surface area contributed by atoms with Gasteiger partial charge >= 0.3 is 0 Å². The Labute approximate surface area is 183 Å². The Morgan fingerprint density at radius 1 is 1.16 bits per heavy atom. The van der Waals surface area contributed by atoms with E-state index in [0.717, 1.165) is 5.56 Å². The molecule has 2 aromatic carbocycles. The van der Waals surface area contributed by atoms with Crippen LogP contribution in [0.2, 0.25) is 0 Å². The topological polar surface area (TPSA) is 79.0 Å². The lowest BCUT2D eigenvalue weighted by Gasteiger charge is -2.27. The summed E-state index contributed by atoms with van der Waals surface area (Å²) in [6.45, 7) is 4.47. The van der Waals surface area contributed by atoms with Crippen LogP contribution in [-0.2, 0) is 14.4 Å².